The van der Waals surface area contributed by atoms with Crippen LogP contribution in [-0.2, 0) is 4.79 Å². The first kappa shape index (κ1) is 11.7. The minimum absolute atomic E-state index is 0.0102. The van der Waals surface area contributed by atoms with Gasteiger partial charge in [-0.05, 0) is 17.7 Å². The number of nitrogens with zero attached hydrogens (tertiary/aromatic N) is 1. The summed E-state index contributed by atoms with van der Waals surface area (Å²) in [6.07, 6.45) is 2.11. The van der Waals surface area contributed by atoms with E-state index >= 15 is 0 Å². The number of rotatable bonds is 4. The van der Waals surface area contributed by atoms with Crippen LogP contribution in [0, 0.1) is 0 Å². The number of carbonyl (C=O) groups excluding carboxylic acids is 2. The van der Waals surface area contributed by atoms with Gasteiger partial charge in [0.1, 0.15) is 6.29 Å². The van der Waals surface area contributed by atoms with Crippen molar-refractivity contribution in [2.24, 2.45) is 10.9 Å². The van der Waals surface area contributed by atoms with Crippen LogP contribution in [0.3, 0.4) is 0 Å². The molecule has 0 atom stereocenters. The van der Waals surface area contributed by atoms with Crippen LogP contribution in [0.4, 0.5) is 10.5 Å². The number of aldehydes is 1. The van der Waals surface area contributed by atoms with Crippen LogP contribution < -0.4 is 16.5 Å². The molecule has 1 aromatic carbocycles. The molecule has 0 radical (unpaired) electrons. The van der Waals surface area contributed by atoms with Crippen molar-refractivity contribution in [1.82, 2.24) is 5.32 Å². The van der Waals surface area contributed by atoms with Gasteiger partial charge in [0.15, 0.2) is 0 Å². The third kappa shape index (κ3) is 3.79. The van der Waals surface area contributed by atoms with Crippen LogP contribution in [0.5, 0.6) is 0 Å². The van der Waals surface area contributed by atoms with Gasteiger partial charge in [0.2, 0.25) is 0 Å². The summed E-state index contributed by atoms with van der Waals surface area (Å²) in [6, 6.07) is 6.50. The molecule has 0 saturated carbocycles. The fourth-order valence-electron chi connectivity index (χ4n) is 1.05. The van der Waals surface area contributed by atoms with Crippen molar-refractivity contribution in [3.05, 3.63) is 29.8 Å². The Balaban J connectivity index is 2.54. The monoisotopic (exact) mass is 220 g/mol. The zero-order valence-electron chi connectivity index (χ0n) is 8.51. The van der Waals surface area contributed by atoms with Gasteiger partial charge in [0.25, 0.3) is 0 Å². The quantitative estimate of drug-likeness (QED) is 0.294. The molecule has 0 fully saturated rings. The van der Waals surface area contributed by atoms with Gasteiger partial charge < -0.3 is 21.3 Å². The number of hydrazone groups is 1. The third-order valence-corrected chi connectivity index (χ3v) is 1.74. The Kier molecular flexibility index (Phi) is 4.52. The van der Waals surface area contributed by atoms with E-state index in [0.717, 1.165) is 5.56 Å². The van der Waals surface area contributed by atoms with Crippen LogP contribution in [0.2, 0.25) is 0 Å². The summed E-state index contributed by atoms with van der Waals surface area (Å²) < 4.78 is 0. The van der Waals surface area contributed by atoms with E-state index in [9.17, 15) is 9.59 Å². The Morgan fingerprint density at radius 1 is 1.38 bits per heavy atom. The highest BCUT2D eigenvalue weighted by Gasteiger charge is 1.99. The first-order chi connectivity index (χ1) is 7.76. The largest absolute Gasteiger partial charge is 0.331 e. The summed E-state index contributed by atoms with van der Waals surface area (Å²) in [5, 5.41) is 8.29. The van der Waals surface area contributed by atoms with Crippen molar-refractivity contribution in [2.75, 3.05) is 11.9 Å². The van der Waals surface area contributed by atoms with Gasteiger partial charge in [0, 0.05) is 5.69 Å². The summed E-state index contributed by atoms with van der Waals surface area (Å²) >= 11 is 0. The van der Waals surface area contributed by atoms with E-state index in [0.29, 0.717) is 12.0 Å². The van der Waals surface area contributed by atoms with Gasteiger partial charge in [-0.15, -0.1) is 0 Å². The van der Waals surface area contributed by atoms with E-state index in [1.165, 1.54) is 6.21 Å². The molecule has 4 N–H and O–H groups in total. The van der Waals surface area contributed by atoms with Crippen LogP contribution in [0.1, 0.15) is 5.56 Å². The molecular formula is C10H12N4O2. The molecule has 84 valence electrons. The zero-order chi connectivity index (χ0) is 11.8. The van der Waals surface area contributed by atoms with Gasteiger partial charge >= 0.3 is 6.03 Å². The lowest BCUT2D eigenvalue weighted by Gasteiger charge is -2.05. The molecule has 0 aliphatic carbocycles. The molecule has 6 nitrogen and oxygen atoms in total. The summed E-state index contributed by atoms with van der Waals surface area (Å²) in [7, 11) is 0. The molecule has 6 heteroatoms. The van der Waals surface area contributed by atoms with Gasteiger partial charge in [0.05, 0.1) is 12.8 Å². The summed E-state index contributed by atoms with van der Waals surface area (Å²) in [5.41, 5.74) is 1.46. The molecule has 0 aliphatic heterocycles. The van der Waals surface area contributed by atoms with E-state index < -0.39 is 6.03 Å². The Morgan fingerprint density at radius 3 is 2.62 bits per heavy atom. The van der Waals surface area contributed by atoms with Crippen molar-refractivity contribution in [3.8, 4) is 0 Å². The average Bonchev–Trinajstić information content (AvgIpc) is 2.29. The molecule has 0 aliphatic rings. The maximum atomic E-state index is 11.2. The second-order valence-electron chi connectivity index (χ2n) is 2.90. The Hall–Kier alpha value is -2.37. The highest BCUT2D eigenvalue weighted by Crippen LogP contribution is 2.07. The van der Waals surface area contributed by atoms with Crippen molar-refractivity contribution < 1.29 is 9.59 Å². The van der Waals surface area contributed by atoms with Gasteiger partial charge in [-0.2, -0.15) is 5.10 Å². The molecule has 0 aromatic heterocycles. The molecular weight excluding hydrogens is 208 g/mol. The molecule has 0 spiro atoms. The molecule has 2 amide bonds. The maximum Gasteiger partial charge on any atom is 0.319 e. The van der Waals surface area contributed by atoms with Crippen LogP contribution in [0.15, 0.2) is 29.4 Å². The van der Waals surface area contributed by atoms with Crippen LogP contribution >= 0.6 is 0 Å². The SMILES string of the molecule is NN=Cc1ccc(NC(=O)NCC=O)cc1. The summed E-state index contributed by atoms with van der Waals surface area (Å²) in [6.45, 7) is -0.0102. The second kappa shape index (κ2) is 6.18. The van der Waals surface area contributed by atoms with Crippen molar-refractivity contribution in [1.29, 1.82) is 0 Å². The average molecular weight is 220 g/mol. The molecule has 16 heavy (non-hydrogen) atoms. The van der Waals surface area contributed by atoms with E-state index in [-0.39, 0.29) is 6.54 Å². The molecule has 0 unspecified atom stereocenters. The Morgan fingerprint density at radius 2 is 2.06 bits per heavy atom. The first-order valence-electron chi connectivity index (χ1n) is 4.58. The van der Waals surface area contributed by atoms with E-state index in [2.05, 4.69) is 15.7 Å². The number of amides is 2. The van der Waals surface area contributed by atoms with Gasteiger partial charge in [-0.25, -0.2) is 4.79 Å². The molecule has 1 aromatic rings. The smallest absolute Gasteiger partial charge is 0.319 e. The second-order valence-corrected chi connectivity index (χ2v) is 2.90. The van der Waals surface area contributed by atoms with Crippen molar-refractivity contribution in [3.63, 3.8) is 0 Å². The number of anilines is 1. The molecule has 0 bridgehead atoms. The Labute approximate surface area is 92.5 Å². The lowest BCUT2D eigenvalue weighted by Crippen LogP contribution is -2.29. The zero-order valence-corrected chi connectivity index (χ0v) is 8.51. The number of urea groups is 1. The van der Waals surface area contributed by atoms with E-state index in [4.69, 9.17) is 5.84 Å². The van der Waals surface area contributed by atoms with Crippen molar-refractivity contribution >= 4 is 24.2 Å². The maximum absolute atomic E-state index is 11.2. The fourth-order valence-corrected chi connectivity index (χ4v) is 1.05. The van der Waals surface area contributed by atoms with Crippen LogP contribution in [-0.4, -0.2) is 25.1 Å². The molecule has 1 rings (SSSR count). The summed E-state index contributed by atoms with van der Waals surface area (Å²) in [4.78, 5) is 21.2. The van der Waals surface area contributed by atoms with E-state index in [1.54, 1.807) is 24.3 Å². The number of benzene rings is 1. The number of hydrogen-bond acceptors (Lipinski definition) is 4. The topological polar surface area (TPSA) is 96.6 Å². The van der Waals surface area contributed by atoms with E-state index in [1.807, 2.05) is 0 Å². The van der Waals surface area contributed by atoms with Crippen molar-refractivity contribution in [2.45, 2.75) is 0 Å². The van der Waals surface area contributed by atoms with Gasteiger partial charge in [-0.1, -0.05) is 12.1 Å². The third-order valence-electron chi connectivity index (χ3n) is 1.74. The predicted molar refractivity (Wildman–Crippen MR) is 61.3 cm³/mol. The van der Waals surface area contributed by atoms with Crippen LogP contribution in [0.25, 0.3) is 0 Å². The number of carbonyl (C=O) groups is 2. The fraction of sp³-hybridized carbons (Fsp3) is 0.100. The normalized spacial score (nSPS) is 10.0. The lowest BCUT2D eigenvalue weighted by atomic mass is 10.2. The molecule has 0 saturated heterocycles. The number of nitrogens with one attached hydrogen (secondary N) is 2. The summed E-state index contributed by atoms with van der Waals surface area (Å²) in [5.74, 6) is 4.99. The van der Waals surface area contributed by atoms with Gasteiger partial charge in [-0.3, -0.25) is 0 Å². The first-order valence-corrected chi connectivity index (χ1v) is 4.58. The minimum Gasteiger partial charge on any atom is -0.331 e. The Bertz CT molecular complexity index is 386. The highest BCUT2D eigenvalue weighted by molar-refractivity contribution is 5.90. The minimum atomic E-state index is -0.424. The number of nitrogens with two attached hydrogens (primary N) is 1. The predicted octanol–water partition coefficient (Wildman–Crippen LogP) is 0.300. The standard InChI is InChI=1S/C10H12N4O2/c11-13-7-8-1-3-9(4-2-8)14-10(16)12-5-6-15/h1-4,6-7H,5,11H2,(H2,12,14,16). The highest BCUT2D eigenvalue weighted by atomic mass is 16.2. The lowest BCUT2D eigenvalue weighted by molar-refractivity contribution is -0.107. The molecule has 0 heterocycles. The number of hydrogen-bond donors (Lipinski definition) is 3.